The summed E-state index contributed by atoms with van der Waals surface area (Å²) in [5, 5.41) is 0.198. The van der Waals surface area contributed by atoms with Crippen molar-refractivity contribution in [2.24, 2.45) is 0 Å². The van der Waals surface area contributed by atoms with E-state index in [2.05, 4.69) is 15.9 Å². The van der Waals surface area contributed by atoms with Crippen LogP contribution in [0, 0.1) is 11.6 Å². The molecule has 2 N–H and O–H groups in total. The van der Waals surface area contributed by atoms with Gasteiger partial charge >= 0.3 is 5.97 Å². The van der Waals surface area contributed by atoms with Crippen LogP contribution in [0.15, 0.2) is 34.8 Å². The summed E-state index contributed by atoms with van der Waals surface area (Å²) >= 11 is 8.72. The standard InChI is InChI=1S/C14H9BrClF2NO2/c15-9-4-5-11(17)8(12(9)18)6-21-14(20)7-2-1-3-10(16)13(7)19/h1-5H,6,19H2. The smallest absolute Gasteiger partial charge is 0.340 e. The van der Waals surface area contributed by atoms with E-state index in [1.807, 2.05) is 0 Å². The number of rotatable bonds is 3. The molecule has 0 atom stereocenters. The lowest BCUT2D eigenvalue weighted by Gasteiger charge is -2.10. The highest BCUT2D eigenvalue weighted by Crippen LogP contribution is 2.25. The number of carbonyl (C=O) groups excluding carboxylic acids is 1. The second-order valence-electron chi connectivity index (χ2n) is 4.10. The summed E-state index contributed by atoms with van der Waals surface area (Å²) < 4.78 is 32.2. The second kappa shape index (κ2) is 6.41. The van der Waals surface area contributed by atoms with E-state index in [0.29, 0.717) is 0 Å². The van der Waals surface area contributed by atoms with Crippen molar-refractivity contribution in [2.75, 3.05) is 5.73 Å². The van der Waals surface area contributed by atoms with Gasteiger partial charge in [-0.2, -0.15) is 0 Å². The van der Waals surface area contributed by atoms with Crippen molar-refractivity contribution in [3.63, 3.8) is 0 Å². The molecule has 0 amide bonds. The van der Waals surface area contributed by atoms with Gasteiger partial charge in [0, 0.05) is 0 Å². The number of halogens is 4. The number of carbonyl (C=O) groups is 1. The predicted octanol–water partition coefficient (Wildman–Crippen LogP) is 4.32. The fraction of sp³-hybridized carbons (Fsp3) is 0.0714. The molecule has 0 fully saturated rings. The molecule has 0 aliphatic carbocycles. The van der Waals surface area contributed by atoms with Gasteiger partial charge in [-0.25, -0.2) is 13.6 Å². The maximum atomic E-state index is 13.7. The highest BCUT2D eigenvalue weighted by Gasteiger charge is 2.17. The minimum absolute atomic E-state index is 0.0401. The first-order valence-electron chi connectivity index (χ1n) is 5.75. The third kappa shape index (κ3) is 3.33. The monoisotopic (exact) mass is 375 g/mol. The summed E-state index contributed by atoms with van der Waals surface area (Å²) in [5.41, 5.74) is 5.39. The molecular weight excluding hydrogens is 368 g/mol. The third-order valence-corrected chi connectivity index (χ3v) is 3.70. The molecule has 2 aromatic carbocycles. The van der Waals surface area contributed by atoms with Crippen LogP contribution in [0.25, 0.3) is 0 Å². The van der Waals surface area contributed by atoms with Crippen molar-refractivity contribution in [3.8, 4) is 0 Å². The van der Waals surface area contributed by atoms with Gasteiger partial charge in [-0.05, 0) is 40.2 Å². The first-order valence-corrected chi connectivity index (χ1v) is 6.92. The third-order valence-electron chi connectivity index (χ3n) is 2.76. The van der Waals surface area contributed by atoms with Crippen LogP contribution in [-0.2, 0) is 11.3 Å². The minimum Gasteiger partial charge on any atom is -0.457 e. The lowest BCUT2D eigenvalue weighted by Crippen LogP contribution is -2.10. The average molecular weight is 377 g/mol. The van der Waals surface area contributed by atoms with Crippen LogP contribution in [0.3, 0.4) is 0 Å². The van der Waals surface area contributed by atoms with E-state index in [-0.39, 0.29) is 26.3 Å². The number of para-hydroxylation sites is 1. The zero-order valence-corrected chi connectivity index (χ0v) is 12.8. The largest absolute Gasteiger partial charge is 0.457 e. The van der Waals surface area contributed by atoms with Crippen molar-refractivity contribution in [1.82, 2.24) is 0 Å². The minimum atomic E-state index is -0.818. The fourth-order valence-corrected chi connectivity index (χ4v) is 2.18. The molecule has 2 aromatic rings. The van der Waals surface area contributed by atoms with E-state index < -0.39 is 24.2 Å². The molecule has 0 unspecified atom stereocenters. The Bertz CT molecular complexity index is 710. The van der Waals surface area contributed by atoms with E-state index >= 15 is 0 Å². The van der Waals surface area contributed by atoms with Gasteiger partial charge in [0.2, 0.25) is 0 Å². The fourth-order valence-electron chi connectivity index (χ4n) is 1.63. The predicted molar refractivity (Wildman–Crippen MR) is 79.0 cm³/mol. The molecule has 0 spiro atoms. The maximum absolute atomic E-state index is 13.7. The number of hydrogen-bond donors (Lipinski definition) is 1. The van der Waals surface area contributed by atoms with E-state index in [1.165, 1.54) is 24.3 Å². The summed E-state index contributed by atoms with van der Waals surface area (Å²) in [4.78, 5) is 11.9. The molecular formula is C14H9BrClF2NO2. The average Bonchev–Trinajstić information content (AvgIpc) is 2.46. The molecule has 110 valence electrons. The Hall–Kier alpha value is -1.66. The normalized spacial score (nSPS) is 10.5. The number of nitrogen functional groups attached to an aromatic ring is 1. The molecule has 3 nitrogen and oxygen atoms in total. The van der Waals surface area contributed by atoms with Gasteiger partial charge in [0.15, 0.2) is 0 Å². The topological polar surface area (TPSA) is 52.3 Å². The molecule has 0 aliphatic heterocycles. The Morgan fingerprint density at radius 2 is 2.00 bits per heavy atom. The Morgan fingerprint density at radius 3 is 2.71 bits per heavy atom. The molecule has 0 radical (unpaired) electrons. The number of anilines is 1. The first-order chi connectivity index (χ1) is 9.91. The maximum Gasteiger partial charge on any atom is 0.340 e. The number of ether oxygens (including phenoxy) is 1. The zero-order valence-electron chi connectivity index (χ0n) is 10.5. The Morgan fingerprint density at radius 1 is 1.29 bits per heavy atom. The van der Waals surface area contributed by atoms with Gasteiger partial charge in [-0.15, -0.1) is 0 Å². The van der Waals surface area contributed by atoms with Crippen molar-refractivity contribution in [2.45, 2.75) is 6.61 Å². The quantitative estimate of drug-likeness (QED) is 0.493. The Kier molecular flexibility index (Phi) is 4.80. The Balaban J connectivity index is 2.19. The number of benzene rings is 2. The van der Waals surface area contributed by atoms with Crippen molar-refractivity contribution in [1.29, 1.82) is 0 Å². The van der Waals surface area contributed by atoms with Crippen LogP contribution in [0.4, 0.5) is 14.5 Å². The highest BCUT2D eigenvalue weighted by atomic mass is 79.9. The molecule has 0 heterocycles. The summed E-state index contributed by atoms with van der Waals surface area (Å²) in [6.07, 6.45) is 0. The van der Waals surface area contributed by atoms with Crippen molar-refractivity contribution < 1.29 is 18.3 Å². The van der Waals surface area contributed by atoms with Crippen molar-refractivity contribution in [3.05, 3.63) is 62.6 Å². The van der Waals surface area contributed by atoms with Crippen molar-refractivity contribution >= 4 is 39.2 Å². The van der Waals surface area contributed by atoms with E-state index in [0.717, 1.165) is 6.07 Å². The van der Waals surface area contributed by atoms with Crippen LogP contribution in [0.1, 0.15) is 15.9 Å². The molecule has 21 heavy (non-hydrogen) atoms. The summed E-state index contributed by atoms with van der Waals surface area (Å²) in [6, 6.07) is 6.75. The zero-order chi connectivity index (χ0) is 15.6. The van der Waals surface area contributed by atoms with Crippen LogP contribution >= 0.6 is 27.5 Å². The van der Waals surface area contributed by atoms with E-state index in [9.17, 15) is 13.6 Å². The van der Waals surface area contributed by atoms with Gasteiger partial charge in [0.1, 0.15) is 18.2 Å². The molecule has 0 aliphatic rings. The van der Waals surface area contributed by atoms with Crippen LogP contribution < -0.4 is 5.73 Å². The lowest BCUT2D eigenvalue weighted by molar-refractivity contribution is 0.0466. The molecule has 0 bridgehead atoms. The molecule has 0 aromatic heterocycles. The van der Waals surface area contributed by atoms with Gasteiger partial charge < -0.3 is 10.5 Å². The summed E-state index contributed by atoms with van der Waals surface area (Å²) in [5.74, 6) is -2.43. The van der Waals surface area contributed by atoms with Gasteiger partial charge in [-0.1, -0.05) is 17.7 Å². The molecule has 7 heteroatoms. The first kappa shape index (κ1) is 15.7. The SMILES string of the molecule is Nc1c(Cl)cccc1C(=O)OCc1c(F)ccc(Br)c1F. The van der Waals surface area contributed by atoms with Crippen LogP contribution in [0.2, 0.25) is 5.02 Å². The van der Waals surface area contributed by atoms with Gasteiger partial charge in [-0.3, -0.25) is 0 Å². The van der Waals surface area contributed by atoms with Gasteiger partial charge in [0.25, 0.3) is 0 Å². The lowest BCUT2D eigenvalue weighted by atomic mass is 10.2. The van der Waals surface area contributed by atoms with Crippen LogP contribution in [0.5, 0.6) is 0 Å². The van der Waals surface area contributed by atoms with E-state index in [1.54, 1.807) is 0 Å². The summed E-state index contributed by atoms with van der Waals surface area (Å²) in [7, 11) is 0. The number of nitrogens with two attached hydrogens (primary N) is 1. The highest BCUT2D eigenvalue weighted by molar-refractivity contribution is 9.10. The second-order valence-corrected chi connectivity index (χ2v) is 5.36. The molecule has 0 saturated heterocycles. The van der Waals surface area contributed by atoms with Gasteiger partial charge in [0.05, 0.1) is 26.3 Å². The Labute approximate surface area is 132 Å². The van der Waals surface area contributed by atoms with Crippen LogP contribution in [-0.4, -0.2) is 5.97 Å². The summed E-state index contributed by atoms with van der Waals surface area (Å²) in [6.45, 7) is -0.554. The number of hydrogen-bond acceptors (Lipinski definition) is 3. The number of esters is 1. The van der Waals surface area contributed by atoms with E-state index in [4.69, 9.17) is 22.1 Å². The molecule has 0 saturated carbocycles. The molecule has 2 rings (SSSR count).